The maximum absolute atomic E-state index is 5.43. The van der Waals surface area contributed by atoms with Gasteiger partial charge in [-0.2, -0.15) is 26.7 Å². The van der Waals surface area contributed by atoms with Gasteiger partial charge in [-0.3, -0.25) is 5.43 Å². The van der Waals surface area contributed by atoms with Gasteiger partial charge in [0.05, 0.1) is 6.61 Å². The first-order valence-electron chi connectivity index (χ1n) is 6.86. The summed E-state index contributed by atoms with van der Waals surface area (Å²) in [6.07, 6.45) is 6.80. The van der Waals surface area contributed by atoms with Crippen molar-refractivity contribution in [2.75, 3.05) is 30.1 Å². The average Bonchev–Trinajstić information content (AvgIpc) is 2.44. The Morgan fingerprint density at radius 2 is 2.05 bits per heavy atom. The van der Waals surface area contributed by atoms with Crippen molar-refractivity contribution in [2.24, 2.45) is 5.84 Å². The molecule has 0 saturated heterocycles. The lowest BCUT2D eigenvalue weighted by molar-refractivity contribution is 0.292. The van der Waals surface area contributed by atoms with Gasteiger partial charge in [0.1, 0.15) is 0 Å². The molecule has 1 heterocycles. The molecule has 112 valence electrons. The van der Waals surface area contributed by atoms with Gasteiger partial charge in [-0.25, -0.2) is 5.84 Å². The number of nitrogens with zero attached hydrogens (tertiary/aromatic N) is 3. The molecule has 0 atom stereocenters. The topological polar surface area (TPSA) is 98.0 Å². The quantitative estimate of drug-likeness (QED) is 0.492. The maximum Gasteiger partial charge on any atom is 0.323 e. The number of thioether (sulfide) groups is 1. The predicted molar refractivity (Wildman–Crippen MR) is 82.0 cm³/mol. The molecule has 1 aromatic heterocycles. The Morgan fingerprint density at radius 3 is 2.60 bits per heavy atom. The van der Waals surface area contributed by atoms with E-state index in [2.05, 4.69) is 32.0 Å². The summed E-state index contributed by atoms with van der Waals surface area (Å²) in [4.78, 5) is 12.5. The normalized spacial score (nSPS) is 16.4. The van der Waals surface area contributed by atoms with Crippen molar-refractivity contribution in [3.8, 4) is 6.01 Å². The van der Waals surface area contributed by atoms with Crippen LogP contribution in [0.3, 0.4) is 0 Å². The lowest BCUT2D eigenvalue weighted by Gasteiger charge is -2.40. The molecule has 1 aliphatic carbocycles. The summed E-state index contributed by atoms with van der Waals surface area (Å²) >= 11 is 1.90. The van der Waals surface area contributed by atoms with Crippen LogP contribution >= 0.6 is 11.8 Å². The Balaban J connectivity index is 2.02. The van der Waals surface area contributed by atoms with E-state index < -0.39 is 0 Å². The molecule has 0 unspecified atom stereocenters. The van der Waals surface area contributed by atoms with E-state index in [1.54, 1.807) is 0 Å². The largest absolute Gasteiger partial charge is 0.463 e. The van der Waals surface area contributed by atoms with Crippen molar-refractivity contribution in [3.63, 3.8) is 0 Å². The third-order valence-electron chi connectivity index (χ3n) is 3.45. The van der Waals surface area contributed by atoms with Gasteiger partial charge < -0.3 is 10.1 Å². The van der Waals surface area contributed by atoms with Crippen molar-refractivity contribution in [1.29, 1.82) is 0 Å². The molecule has 4 N–H and O–H groups in total. The Bertz CT molecular complexity index is 434. The lowest BCUT2D eigenvalue weighted by Crippen LogP contribution is -2.40. The van der Waals surface area contributed by atoms with Gasteiger partial charge in [0.15, 0.2) is 0 Å². The number of hydrazine groups is 1. The van der Waals surface area contributed by atoms with Gasteiger partial charge in [0.25, 0.3) is 0 Å². The van der Waals surface area contributed by atoms with Crippen LogP contribution in [-0.2, 0) is 0 Å². The van der Waals surface area contributed by atoms with E-state index >= 15 is 0 Å². The van der Waals surface area contributed by atoms with Crippen LogP contribution in [-0.4, -0.2) is 39.1 Å². The van der Waals surface area contributed by atoms with Gasteiger partial charge in [-0.15, -0.1) is 0 Å². The molecule has 1 aliphatic rings. The van der Waals surface area contributed by atoms with E-state index in [1.807, 2.05) is 18.7 Å². The minimum absolute atomic E-state index is 0.295. The number of hydrogen-bond acceptors (Lipinski definition) is 8. The molecule has 0 bridgehead atoms. The van der Waals surface area contributed by atoms with Gasteiger partial charge in [0, 0.05) is 11.3 Å². The molecular weight excluding hydrogens is 276 g/mol. The molecule has 7 nitrogen and oxygen atoms in total. The summed E-state index contributed by atoms with van der Waals surface area (Å²) in [5.74, 6) is 6.18. The molecule has 1 saturated carbocycles. The van der Waals surface area contributed by atoms with E-state index in [-0.39, 0.29) is 0 Å². The van der Waals surface area contributed by atoms with Crippen molar-refractivity contribution in [1.82, 2.24) is 15.0 Å². The lowest BCUT2D eigenvalue weighted by atomic mass is 9.84. The second-order valence-electron chi connectivity index (χ2n) is 4.85. The number of aromatic nitrogens is 3. The summed E-state index contributed by atoms with van der Waals surface area (Å²) < 4.78 is 5.75. The fraction of sp³-hybridized carbons (Fsp3) is 0.750. The van der Waals surface area contributed by atoms with Crippen LogP contribution in [0.5, 0.6) is 6.01 Å². The molecule has 1 fully saturated rings. The molecule has 20 heavy (non-hydrogen) atoms. The number of nitrogens with two attached hydrogens (primary N) is 1. The van der Waals surface area contributed by atoms with Crippen LogP contribution in [0.25, 0.3) is 0 Å². The first-order chi connectivity index (χ1) is 9.71. The molecular formula is C12H22N6OS. The van der Waals surface area contributed by atoms with Crippen LogP contribution in [0.1, 0.15) is 32.6 Å². The highest BCUT2D eigenvalue weighted by atomic mass is 32.2. The monoisotopic (exact) mass is 298 g/mol. The molecule has 2 rings (SSSR count). The minimum Gasteiger partial charge on any atom is -0.463 e. The summed E-state index contributed by atoms with van der Waals surface area (Å²) in [7, 11) is 0. The number of rotatable bonds is 8. The maximum atomic E-state index is 5.43. The minimum atomic E-state index is 0.295. The Hall–Kier alpha value is -1.28. The molecule has 0 amide bonds. The third-order valence-corrected chi connectivity index (χ3v) is 4.86. The van der Waals surface area contributed by atoms with E-state index in [4.69, 9.17) is 10.6 Å². The fourth-order valence-corrected chi connectivity index (χ4v) is 2.94. The van der Waals surface area contributed by atoms with Crippen molar-refractivity contribution in [2.45, 2.75) is 37.4 Å². The number of nitrogens with one attached hydrogen (secondary N) is 2. The van der Waals surface area contributed by atoms with E-state index in [9.17, 15) is 0 Å². The van der Waals surface area contributed by atoms with E-state index in [0.717, 1.165) is 13.0 Å². The van der Waals surface area contributed by atoms with Crippen LogP contribution in [0.2, 0.25) is 0 Å². The zero-order valence-electron chi connectivity index (χ0n) is 12.0. The SMILES string of the molecule is CCCOc1nc(NN)nc(NCC2(SC)CCC2)n1. The Labute approximate surface area is 123 Å². The predicted octanol–water partition coefficient (Wildman–Crippen LogP) is 1.64. The zero-order chi connectivity index (χ0) is 14.4. The van der Waals surface area contributed by atoms with Crippen LogP contribution in [0, 0.1) is 0 Å². The van der Waals surface area contributed by atoms with Gasteiger partial charge in [0.2, 0.25) is 11.9 Å². The number of hydrogen-bond donors (Lipinski definition) is 3. The number of anilines is 2. The second-order valence-corrected chi connectivity index (χ2v) is 6.13. The number of ether oxygens (including phenoxy) is 1. The molecule has 0 spiro atoms. The van der Waals surface area contributed by atoms with Gasteiger partial charge >= 0.3 is 6.01 Å². The summed E-state index contributed by atoms with van der Waals surface area (Å²) in [5.41, 5.74) is 2.44. The van der Waals surface area contributed by atoms with Crippen molar-refractivity contribution < 1.29 is 4.74 Å². The average molecular weight is 298 g/mol. The van der Waals surface area contributed by atoms with Crippen molar-refractivity contribution >= 4 is 23.7 Å². The summed E-state index contributed by atoms with van der Waals surface area (Å²) in [6, 6.07) is 0.295. The van der Waals surface area contributed by atoms with Crippen LogP contribution in [0.4, 0.5) is 11.9 Å². The highest BCUT2D eigenvalue weighted by Gasteiger charge is 2.36. The van der Waals surface area contributed by atoms with Gasteiger partial charge in [-0.1, -0.05) is 13.3 Å². The van der Waals surface area contributed by atoms with E-state index in [0.29, 0.717) is 29.3 Å². The standard InChI is InChI=1S/C12H22N6OS/c1-3-7-19-11-16-9(15-10(17-11)18-13)14-8-12(20-2)5-4-6-12/h3-8,13H2,1-2H3,(H2,14,15,16,17,18). The first kappa shape index (κ1) is 15.1. The Morgan fingerprint density at radius 1 is 1.30 bits per heavy atom. The third kappa shape index (κ3) is 3.63. The highest BCUT2D eigenvalue weighted by molar-refractivity contribution is 8.00. The molecule has 0 aliphatic heterocycles. The van der Waals surface area contributed by atoms with Crippen LogP contribution < -0.4 is 21.3 Å². The van der Waals surface area contributed by atoms with E-state index in [1.165, 1.54) is 19.3 Å². The number of nitrogen functional groups attached to an aromatic ring is 1. The molecule has 1 aromatic rings. The molecule has 0 radical (unpaired) electrons. The first-order valence-corrected chi connectivity index (χ1v) is 8.08. The second kappa shape index (κ2) is 6.94. The van der Waals surface area contributed by atoms with Crippen molar-refractivity contribution in [3.05, 3.63) is 0 Å². The summed E-state index contributed by atoms with van der Waals surface area (Å²) in [5, 5.41) is 3.27. The summed E-state index contributed by atoms with van der Waals surface area (Å²) in [6.45, 7) is 3.44. The zero-order valence-corrected chi connectivity index (χ0v) is 12.8. The molecule has 0 aromatic carbocycles. The Kier molecular flexibility index (Phi) is 5.24. The fourth-order valence-electron chi connectivity index (χ4n) is 2.02. The smallest absolute Gasteiger partial charge is 0.323 e. The van der Waals surface area contributed by atoms with Gasteiger partial charge in [-0.05, 0) is 25.5 Å². The molecule has 8 heteroatoms. The van der Waals surface area contributed by atoms with Crippen LogP contribution in [0.15, 0.2) is 0 Å². The highest BCUT2D eigenvalue weighted by Crippen LogP contribution is 2.42.